The maximum atomic E-state index is 12.9. The number of hydrogen-bond donors (Lipinski definition) is 2. The number of carbonyl (C=O) groups is 2. The molecule has 0 unspecified atom stereocenters. The van der Waals surface area contributed by atoms with E-state index >= 15 is 0 Å². The van der Waals surface area contributed by atoms with Gasteiger partial charge in [0, 0.05) is 44.6 Å². The highest BCUT2D eigenvalue weighted by atomic mass is 19.4. The molecule has 0 bridgehead atoms. The van der Waals surface area contributed by atoms with Crippen LogP contribution in [0.1, 0.15) is 37.5 Å². The second kappa shape index (κ2) is 10.3. The van der Waals surface area contributed by atoms with Gasteiger partial charge >= 0.3 is 6.18 Å². The van der Waals surface area contributed by atoms with Crippen LogP contribution in [0, 0.1) is 0 Å². The Balaban J connectivity index is 1.76. The largest absolute Gasteiger partial charge is 0.416 e. The summed E-state index contributed by atoms with van der Waals surface area (Å²) in [5.74, 6) is -0.670. The molecule has 9 heteroatoms. The van der Waals surface area contributed by atoms with Gasteiger partial charge in [0.1, 0.15) is 5.69 Å². The van der Waals surface area contributed by atoms with Crippen LogP contribution in [0.25, 0.3) is 0 Å². The Kier molecular flexibility index (Phi) is 7.44. The Labute approximate surface area is 189 Å². The summed E-state index contributed by atoms with van der Waals surface area (Å²) >= 11 is 0. The lowest BCUT2D eigenvalue weighted by Gasteiger charge is -2.15. The van der Waals surface area contributed by atoms with Crippen LogP contribution in [-0.2, 0) is 19.3 Å². The fourth-order valence-corrected chi connectivity index (χ4v) is 3.15. The van der Waals surface area contributed by atoms with E-state index in [0.717, 1.165) is 12.1 Å². The van der Waals surface area contributed by atoms with Gasteiger partial charge in [-0.05, 0) is 47.5 Å². The Morgan fingerprint density at radius 3 is 2.36 bits per heavy atom. The van der Waals surface area contributed by atoms with Crippen LogP contribution in [0.15, 0.2) is 66.9 Å². The number of benzene rings is 2. The van der Waals surface area contributed by atoms with Crippen LogP contribution >= 0.6 is 0 Å². The number of nitrogens with one attached hydrogen (secondary N) is 2. The SMILES string of the molecule is CN(C)C(=O)c1cc(CNCc2cccc(C(F)(F)F)c2)cc(NC(=O)c2ccccn2)c1. The van der Waals surface area contributed by atoms with Gasteiger partial charge in [0.05, 0.1) is 5.56 Å². The molecule has 2 aromatic carbocycles. The molecule has 1 heterocycles. The van der Waals surface area contributed by atoms with Crippen LogP contribution in [0.3, 0.4) is 0 Å². The molecule has 0 saturated carbocycles. The molecular formula is C24H23F3N4O2. The Hall–Kier alpha value is -3.72. The molecular weight excluding hydrogens is 433 g/mol. The Morgan fingerprint density at radius 1 is 0.939 bits per heavy atom. The lowest BCUT2D eigenvalue weighted by Crippen LogP contribution is -2.23. The van der Waals surface area contributed by atoms with Crippen LogP contribution in [-0.4, -0.2) is 35.8 Å². The van der Waals surface area contributed by atoms with Crippen molar-refractivity contribution in [3.05, 3.63) is 94.8 Å². The summed E-state index contributed by atoms with van der Waals surface area (Å²) in [6, 6.07) is 15.0. The minimum absolute atomic E-state index is 0.200. The van der Waals surface area contributed by atoms with E-state index in [4.69, 9.17) is 0 Å². The van der Waals surface area contributed by atoms with E-state index in [2.05, 4.69) is 15.6 Å². The lowest BCUT2D eigenvalue weighted by atomic mass is 10.1. The highest BCUT2D eigenvalue weighted by molar-refractivity contribution is 6.04. The summed E-state index contributed by atoms with van der Waals surface area (Å²) in [6.45, 7) is 0.475. The van der Waals surface area contributed by atoms with Gasteiger partial charge in [-0.15, -0.1) is 0 Å². The number of hydrogen-bond acceptors (Lipinski definition) is 4. The number of aromatic nitrogens is 1. The van der Waals surface area contributed by atoms with Crippen molar-refractivity contribution < 1.29 is 22.8 Å². The van der Waals surface area contributed by atoms with E-state index < -0.39 is 17.6 Å². The average molecular weight is 456 g/mol. The van der Waals surface area contributed by atoms with Crippen LogP contribution < -0.4 is 10.6 Å². The van der Waals surface area contributed by atoms with E-state index in [9.17, 15) is 22.8 Å². The average Bonchev–Trinajstić information content (AvgIpc) is 2.78. The maximum Gasteiger partial charge on any atom is 0.416 e. The Morgan fingerprint density at radius 2 is 1.70 bits per heavy atom. The molecule has 2 amide bonds. The predicted molar refractivity (Wildman–Crippen MR) is 119 cm³/mol. The van der Waals surface area contributed by atoms with E-state index in [0.29, 0.717) is 22.4 Å². The number of carbonyl (C=O) groups excluding carboxylic acids is 2. The first-order valence-corrected chi connectivity index (χ1v) is 10.1. The molecule has 0 aliphatic heterocycles. The molecule has 3 rings (SSSR count). The van der Waals surface area contributed by atoms with Crippen LogP contribution in [0.2, 0.25) is 0 Å². The first-order chi connectivity index (χ1) is 15.6. The van der Waals surface area contributed by atoms with Gasteiger partial charge in [-0.2, -0.15) is 13.2 Å². The van der Waals surface area contributed by atoms with Crippen molar-refractivity contribution in [2.24, 2.45) is 0 Å². The first kappa shape index (κ1) is 23.9. The molecule has 6 nitrogen and oxygen atoms in total. The molecule has 0 atom stereocenters. The number of alkyl halides is 3. The second-order valence-electron chi connectivity index (χ2n) is 7.59. The minimum atomic E-state index is -4.41. The highest BCUT2D eigenvalue weighted by Crippen LogP contribution is 2.29. The van der Waals surface area contributed by atoms with Crippen molar-refractivity contribution in [1.82, 2.24) is 15.2 Å². The second-order valence-corrected chi connectivity index (χ2v) is 7.59. The van der Waals surface area contributed by atoms with Crippen LogP contribution in [0.4, 0.5) is 18.9 Å². The number of rotatable bonds is 7. The van der Waals surface area contributed by atoms with Gasteiger partial charge in [-0.3, -0.25) is 14.6 Å². The lowest BCUT2D eigenvalue weighted by molar-refractivity contribution is -0.137. The van der Waals surface area contributed by atoms with Gasteiger partial charge in [-0.25, -0.2) is 0 Å². The summed E-state index contributed by atoms with van der Waals surface area (Å²) in [6.07, 6.45) is -2.90. The number of halogens is 3. The minimum Gasteiger partial charge on any atom is -0.345 e. The molecule has 0 aliphatic carbocycles. The van der Waals surface area contributed by atoms with E-state index in [1.807, 2.05) is 0 Å². The fraction of sp³-hybridized carbons (Fsp3) is 0.208. The number of anilines is 1. The molecule has 1 aromatic heterocycles. The molecule has 0 saturated heterocycles. The molecule has 0 radical (unpaired) electrons. The molecule has 0 aliphatic rings. The zero-order chi connectivity index (χ0) is 24.0. The topological polar surface area (TPSA) is 74.3 Å². The van der Waals surface area contributed by atoms with Gasteiger partial charge in [0.15, 0.2) is 0 Å². The van der Waals surface area contributed by atoms with Crippen molar-refractivity contribution in [2.45, 2.75) is 19.3 Å². The highest BCUT2D eigenvalue weighted by Gasteiger charge is 2.30. The molecule has 0 spiro atoms. The summed E-state index contributed by atoms with van der Waals surface area (Å²) in [5, 5.41) is 5.83. The quantitative estimate of drug-likeness (QED) is 0.555. The molecule has 0 fully saturated rings. The maximum absolute atomic E-state index is 12.9. The summed E-state index contributed by atoms with van der Waals surface area (Å²) < 4.78 is 38.7. The third-order valence-corrected chi connectivity index (χ3v) is 4.71. The van der Waals surface area contributed by atoms with Gasteiger partial charge in [0.2, 0.25) is 0 Å². The first-order valence-electron chi connectivity index (χ1n) is 10.1. The third-order valence-electron chi connectivity index (χ3n) is 4.71. The standard InChI is InChI=1S/C24H23F3N4O2/c1-31(2)23(33)18-10-17(12-20(13-18)30-22(32)21-8-3-4-9-29-21)15-28-14-16-6-5-7-19(11-16)24(25,26)27/h3-13,28H,14-15H2,1-2H3,(H,30,32). The Bertz CT molecular complexity index is 1130. The number of pyridine rings is 1. The zero-order valence-electron chi connectivity index (χ0n) is 18.1. The number of amides is 2. The monoisotopic (exact) mass is 456 g/mol. The van der Waals surface area contributed by atoms with Crippen molar-refractivity contribution >= 4 is 17.5 Å². The normalized spacial score (nSPS) is 11.2. The molecule has 3 aromatic rings. The molecule has 172 valence electrons. The third kappa shape index (κ3) is 6.63. The van der Waals surface area contributed by atoms with Crippen molar-refractivity contribution in [3.8, 4) is 0 Å². The van der Waals surface area contributed by atoms with Crippen molar-refractivity contribution in [2.75, 3.05) is 19.4 Å². The predicted octanol–water partition coefficient (Wildman–Crippen LogP) is 4.34. The molecule has 33 heavy (non-hydrogen) atoms. The van der Waals surface area contributed by atoms with E-state index in [1.165, 1.54) is 17.2 Å². The fourth-order valence-electron chi connectivity index (χ4n) is 3.15. The summed E-state index contributed by atoms with van der Waals surface area (Å²) in [4.78, 5) is 30.4. The summed E-state index contributed by atoms with van der Waals surface area (Å²) in [7, 11) is 3.24. The van der Waals surface area contributed by atoms with Gasteiger partial charge in [0.25, 0.3) is 11.8 Å². The van der Waals surface area contributed by atoms with Gasteiger partial charge in [-0.1, -0.05) is 24.3 Å². The van der Waals surface area contributed by atoms with Crippen LogP contribution in [0.5, 0.6) is 0 Å². The van der Waals surface area contributed by atoms with Crippen molar-refractivity contribution in [1.29, 1.82) is 0 Å². The van der Waals surface area contributed by atoms with Gasteiger partial charge < -0.3 is 15.5 Å². The van der Waals surface area contributed by atoms with E-state index in [1.54, 1.807) is 56.6 Å². The smallest absolute Gasteiger partial charge is 0.345 e. The zero-order valence-corrected chi connectivity index (χ0v) is 18.1. The summed E-state index contributed by atoms with van der Waals surface area (Å²) in [5.41, 5.74) is 1.47. The number of nitrogens with zero attached hydrogens (tertiary/aromatic N) is 2. The van der Waals surface area contributed by atoms with Crippen molar-refractivity contribution in [3.63, 3.8) is 0 Å². The molecule has 2 N–H and O–H groups in total. The van der Waals surface area contributed by atoms with E-state index in [-0.39, 0.29) is 24.7 Å².